The summed E-state index contributed by atoms with van der Waals surface area (Å²) in [5, 5.41) is 18.6. The molecule has 0 saturated heterocycles. The molecule has 0 amide bonds. The Labute approximate surface area is 127 Å². The van der Waals surface area contributed by atoms with Gasteiger partial charge in [-0.25, -0.2) is 4.68 Å². The van der Waals surface area contributed by atoms with Gasteiger partial charge in [0.25, 0.3) is 5.69 Å². The number of nitrogens with one attached hydrogen (secondary N) is 1. The molecule has 1 aromatic heterocycles. The summed E-state index contributed by atoms with van der Waals surface area (Å²) in [6.07, 6.45) is 6.73. The number of non-ortho nitro benzene ring substituents is 1. The van der Waals surface area contributed by atoms with Crippen molar-refractivity contribution in [1.82, 2.24) is 15.1 Å². The lowest BCUT2D eigenvalue weighted by Crippen LogP contribution is -2.12. The van der Waals surface area contributed by atoms with Gasteiger partial charge >= 0.3 is 0 Å². The van der Waals surface area contributed by atoms with Gasteiger partial charge in [-0.05, 0) is 42.5 Å². The van der Waals surface area contributed by atoms with Crippen molar-refractivity contribution in [1.29, 1.82) is 0 Å². The molecule has 0 spiro atoms. The Morgan fingerprint density at radius 3 is 2.73 bits per heavy atom. The molecule has 3 rings (SSSR count). The number of hydrogen-bond donors (Lipinski definition) is 1. The largest absolute Gasteiger partial charge is 0.387 e. The summed E-state index contributed by atoms with van der Waals surface area (Å²) in [6, 6.07) is 8.51. The monoisotopic (exact) mass is 296 g/mol. The van der Waals surface area contributed by atoms with Crippen LogP contribution < -0.4 is 5.32 Å². The molecule has 0 bridgehead atoms. The first-order chi connectivity index (χ1) is 10.7. The van der Waals surface area contributed by atoms with Crippen LogP contribution in [-0.2, 0) is 6.42 Å². The molecular formula is C16H16N4O2. The molecule has 112 valence electrons. The van der Waals surface area contributed by atoms with Gasteiger partial charge in [0, 0.05) is 24.4 Å². The molecular weight excluding hydrogens is 280 g/mol. The number of nitrogens with zero attached hydrogens (tertiary/aromatic N) is 3. The zero-order valence-corrected chi connectivity index (χ0v) is 12.2. The van der Waals surface area contributed by atoms with Crippen molar-refractivity contribution in [3.8, 4) is 5.69 Å². The lowest BCUT2D eigenvalue weighted by Gasteiger charge is -2.08. The third-order valence-corrected chi connectivity index (χ3v) is 3.58. The maximum Gasteiger partial charge on any atom is 0.269 e. The molecule has 1 N–H and O–H groups in total. The van der Waals surface area contributed by atoms with Gasteiger partial charge in [0.2, 0.25) is 0 Å². The SMILES string of the molecule is CCc1cc(C2=CC=CNC2)nn1-c1ccc([N+](=O)[O-])cc1. The highest BCUT2D eigenvalue weighted by Crippen LogP contribution is 2.21. The number of allylic oxidation sites excluding steroid dienone is 2. The minimum Gasteiger partial charge on any atom is -0.387 e. The fourth-order valence-electron chi connectivity index (χ4n) is 2.40. The Bertz CT molecular complexity index is 757. The fourth-order valence-corrected chi connectivity index (χ4v) is 2.40. The summed E-state index contributed by atoms with van der Waals surface area (Å²) >= 11 is 0. The molecule has 2 aromatic rings. The van der Waals surface area contributed by atoms with Gasteiger partial charge in [-0.3, -0.25) is 10.1 Å². The van der Waals surface area contributed by atoms with Gasteiger partial charge in [0.15, 0.2) is 0 Å². The standard InChI is InChI=1S/C16H16N4O2/c1-2-13-10-16(12-4-3-9-17-11-12)18-19(13)14-5-7-15(8-6-14)20(21)22/h3-10,17H,2,11H2,1H3. The molecule has 1 aromatic carbocycles. The summed E-state index contributed by atoms with van der Waals surface area (Å²) in [5.74, 6) is 0. The smallest absolute Gasteiger partial charge is 0.269 e. The van der Waals surface area contributed by atoms with Crippen LogP contribution in [0, 0.1) is 10.1 Å². The Hall–Kier alpha value is -2.89. The van der Waals surface area contributed by atoms with E-state index in [1.54, 1.807) is 12.1 Å². The molecule has 0 atom stereocenters. The van der Waals surface area contributed by atoms with Gasteiger partial charge in [-0.2, -0.15) is 5.10 Å². The van der Waals surface area contributed by atoms with E-state index in [1.807, 2.05) is 23.0 Å². The van der Waals surface area contributed by atoms with E-state index in [0.717, 1.165) is 35.6 Å². The van der Waals surface area contributed by atoms with Crippen molar-refractivity contribution in [3.63, 3.8) is 0 Å². The molecule has 0 radical (unpaired) electrons. The Kier molecular flexibility index (Phi) is 3.74. The molecule has 22 heavy (non-hydrogen) atoms. The number of hydrogen-bond acceptors (Lipinski definition) is 4. The zero-order valence-electron chi connectivity index (χ0n) is 12.2. The first kappa shape index (κ1) is 14.1. The highest BCUT2D eigenvalue weighted by molar-refractivity contribution is 5.67. The lowest BCUT2D eigenvalue weighted by molar-refractivity contribution is -0.384. The number of nitro benzene ring substituents is 1. The molecule has 1 aliphatic rings. The van der Waals surface area contributed by atoms with Crippen LogP contribution in [0.1, 0.15) is 18.3 Å². The predicted octanol–water partition coefficient (Wildman–Crippen LogP) is 2.84. The van der Waals surface area contributed by atoms with E-state index in [9.17, 15) is 10.1 Å². The summed E-state index contributed by atoms with van der Waals surface area (Å²) in [6.45, 7) is 2.81. The van der Waals surface area contributed by atoms with Crippen molar-refractivity contribution < 1.29 is 4.92 Å². The maximum absolute atomic E-state index is 10.7. The number of nitro groups is 1. The Balaban J connectivity index is 1.99. The lowest BCUT2D eigenvalue weighted by atomic mass is 10.1. The average Bonchev–Trinajstić information content (AvgIpc) is 3.00. The summed E-state index contributed by atoms with van der Waals surface area (Å²) in [7, 11) is 0. The third kappa shape index (κ3) is 2.63. The Morgan fingerprint density at radius 1 is 1.36 bits per heavy atom. The second kappa shape index (κ2) is 5.85. The topological polar surface area (TPSA) is 73.0 Å². The number of benzene rings is 1. The number of aromatic nitrogens is 2. The van der Waals surface area contributed by atoms with E-state index in [2.05, 4.69) is 23.4 Å². The van der Waals surface area contributed by atoms with Gasteiger partial charge in [0.1, 0.15) is 0 Å². The van der Waals surface area contributed by atoms with Gasteiger partial charge in [-0.15, -0.1) is 0 Å². The highest BCUT2D eigenvalue weighted by Gasteiger charge is 2.13. The first-order valence-corrected chi connectivity index (χ1v) is 7.12. The van der Waals surface area contributed by atoms with E-state index in [0.29, 0.717) is 0 Å². The van der Waals surface area contributed by atoms with Crippen LogP contribution >= 0.6 is 0 Å². The van der Waals surface area contributed by atoms with Crippen molar-refractivity contribution in [2.75, 3.05) is 6.54 Å². The van der Waals surface area contributed by atoms with Gasteiger partial charge in [-0.1, -0.05) is 13.0 Å². The van der Waals surface area contributed by atoms with E-state index < -0.39 is 4.92 Å². The van der Waals surface area contributed by atoms with Crippen LogP contribution in [-0.4, -0.2) is 21.2 Å². The minimum atomic E-state index is -0.399. The van der Waals surface area contributed by atoms with E-state index in [1.165, 1.54) is 12.1 Å². The molecule has 1 aliphatic heterocycles. The minimum absolute atomic E-state index is 0.0819. The van der Waals surface area contributed by atoms with Crippen molar-refractivity contribution in [3.05, 3.63) is 70.2 Å². The summed E-state index contributed by atoms with van der Waals surface area (Å²) < 4.78 is 1.85. The van der Waals surface area contributed by atoms with Crippen LogP contribution in [0.3, 0.4) is 0 Å². The molecule has 0 aliphatic carbocycles. The first-order valence-electron chi connectivity index (χ1n) is 7.12. The molecule has 0 unspecified atom stereocenters. The van der Waals surface area contributed by atoms with E-state index >= 15 is 0 Å². The normalized spacial score (nSPS) is 13.6. The van der Waals surface area contributed by atoms with Crippen molar-refractivity contribution >= 4 is 11.3 Å². The quantitative estimate of drug-likeness (QED) is 0.695. The van der Waals surface area contributed by atoms with Crippen molar-refractivity contribution in [2.24, 2.45) is 0 Å². The second-order valence-corrected chi connectivity index (χ2v) is 4.99. The van der Waals surface area contributed by atoms with Crippen LogP contribution in [0.2, 0.25) is 0 Å². The summed E-state index contributed by atoms with van der Waals surface area (Å²) in [4.78, 5) is 10.3. The average molecular weight is 296 g/mol. The van der Waals surface area contributed by atoms with Gasteiger partial charge < -0.3 is 5.32 Å². The number of dihydropyridines is 1. The van der Waals surface area contributed by atoms with E-state index in [-0.39, 0.29) is 5.69 Å². The third-order valence-electron chi connectivity index (χ3n) is 3.58. The molecule has 0 fully saturated rings. The van der Waals surface area contributed by atoms with Crippen LogP contribution in [0.25, 0.3) is 11.3 Å². The highest BCUT2D eigenvalue weighted by atomic mass is 16.6. The van der Waals surface area contributed by atoms with Gasteiger partial charge in [0.05, 0.1) is 16.3 Å². The predicted molar refractivity (Wildman–Crippen MR) is 84.7 cm³/mol. The van der Waals surface area contributed by atoms with Crippen LogP contribution in [0.5, 0.6) is 0 Å². The second-order valence-electron chi connectivity index (χ2n) is 4.99. The van der Waals surface area contributed by atoms with Crippen LogP contribution in [0.4, 0.5) is 5.69 Å². The fraction of sp³-hybridized carbons (Fsp3) is 0.188. The molecule has 0 saturated carbocycles. The molecule has 6 heteroatoms. The maximum atomic E-state index is 10.7. The van der Waals surface area contributed by atoms with E-state index in [4.69, 9.17) is 0 Å². The number of rotatable bonds is 4. The summed E-state index contributed by atoms with van der Waals surface area (Å²) in [5.41, 5.74) is 4.02. The molecule has 2 heterocycles. The zero-order chi connectivity index (χ0) is 15.5. The molecule has 6 nitrogen and oxygen atoms in total. The van der Waals surface area contributed by atoms with Crippen molar-refractivity contribution in [2.45, 2.75) is 13.3 Å². The number of aryl methyl sites for hydroxylation is 1. The Morgan fingerprint density at radius 2 is 2.14 bits per heavy atom. The van der Waals surface area contributed by atoms with Crippen LogP contribution in [0.15, 0.2) is 48.7 Å².